The molecule has 0 radical (unpaired) electrons. The third-order valence-corrected chi connectivity index (χ3v) is 22.8. The molecule has 0 spiro atoms. The zero-order valence-electron chi connectivity index (χ0n) is 8.40. The number of hydrogen-bond acceptors (Lipinski definition) is 0. The van der Waals surface area contributed by atoms with Gasteiger partial charge in [-0.15, -0.1) is 0 Å². The fraction of sp³-hybridized carbons (Fsp3) is 1.00. The molecule has 3 rings (SSSR count). The Balaban J connectivity index is 1.68. The molecule has 12 heavy (non-hydrogen) atoms. The molecule has 0 amide bonds. The zero-order chi connectivity index (χ0) is 8.40. The summed E-state index contributed by atoms with van der Waals surface area (Å²) in [6, 6.07) is 0. The molecule has 1 heterocycles. The van der Waals surface area contributed by atoms with Crippen LogP contribution in [0, 0.1) is 0 Å². The average molecular weight is 196 g/mol. The molecule has 0 nitrogen and oxygen atoms in total. The van der Waals surface area contributed by atoms with Crippen LogP contribution in [-0.2, 0) is 0 Å². The average Bonchev–Trinajstić information content (AvgIpc) is 2.80. The van der Waals surface area contributed by atoms with Gasteiger partial charge in [0.05, 0.1) is 0 Å². The first-order chi connectivity index (χ1) is 5.62. The van der Waals surface area contributed by atoms with E-state index in [0.717, 1.165) is 0 Å². The van der Waals surface area contributed by atoms with Crippen LogP contribution in [0.3, 0.4) is 0 Å². The fourth-order valence-corrected chi connectivity index (χ4v) is 26.0. The van der Waals surface area contributed by atoms with E-state index in [1.165, 1.54) is 11.1 Å². The molecular formula is C10H20Si2. The number of hydrogen-bond donors (Lipinski definition) is 0. The molecule has 1 saturated heterocycles. The summed E-state index contributed by atoms with van der Waals surface area (Å²) in [5.74, 6) is 0. The largest absolute Gasteiger partial charge is 0.0694 e. The molecule has 68 valence electrons. The van der Waals surface area contributed by atoms with Gasteiger partial charge in [0.2, 0.25) is 0 Å². The molecule has 0 unspecified atom stereocenters. The molecule has 0 aromatic rings. The second kappa shape index (κ2) is 2.08. The summed E-state index contributed by atoms with van der Waals surface area (Å²) in [6.07, 6.45) is 6.49. The maximum atomic E-state index is 2.71. The second-order valence-corrected chi connectivity index (χ2v) is 17.3. The Labute approximate surface area is 77.8 Å². The van der Waals surface area contributed by atoms with Gasteiger partial charge in [0.25, 0.3) is 0 Å². The van der Waals surface area contributed by atoms with E-state index in [2.05, 4.69) is 13.1 Å². The topological polar surface area (TPSA) is 0 Å². The Morgan fingerprint density at radius 3 is 1.33 bits per heavy atom. The van der Waals surface area contributed by atoms with Crippen molar-refractivity contribution in [1.29, 1.82) is 0 Å². The monoisotopic (exact) mass is 196 g/mol. The first kappa shape index (κ1) is 7.80. The number of rotatable bonds is 2. The highest BCUT2D eigenvalue weighted by atomic mass is 28.5. The first-order valence-electron chi connectivity index (χ1n) is 5.62. The summed E-state index contributed by atoms with van der Waals surface area (Å²) in [7, 11) is -1.12. The van der Waals surface area contributed by atoms with Crippen LogP contribution in [0.15, 0.2) is 0 Å². The van der Waals surface area contributed by atoms with Crippen LogP contribution in [0.2, 0.25) is 35.5 Å². The molecule has 2 saturated carbocycles. The van der Waals surface area contributed by atoms with Crippen molar-refractivity contribution < 1.29 is 0 Å². The predicted octanol–water partition coefficient (Wildman–Crippen LogP) is 3.56. The van der Waals surface area contributed by atoms with Crippen molar-refractivity contribution in [3.05, 3.63) is 0 Å². The Morgan fingerprint density at radius 2 is 1.08 bits per heavy atom. The van der Waals surface area contributed by atoms with E-state index in [-0.39, 0.29) is 0 Å². The van der Waals surface area contributed by atoms with Gasteiger partial charge < -0.3 is 0 Å². The van der Waals surface area contributed by atoms with Crippen LogP contribution in [0.5, 0.6) is 0 Å². The van der Waals surface area contributed by atoms with Gasteiger partial charge in [-0.3, -0.25) is 0 Å². The smallest absolute Gasteiger partial charge is 0.0483 e. The molecule has 0 aromatic carbocycles. The molecule has 0 aromatic heterocycles. The van der Waals surface area contributed by atoms with Gasteiger partial charge in [-0.05, 0) is 11.1 Å². The van der Waals surface area contributed by atoms with E-state index in [0.29, 0.717) is 0 Å². The van der Waals surface area contributed by atoms with Crippen molar-refractivity contribution in [1.82, 2.24) is 0 Å². The third kappa shape index (κ3) is 1.00. The summed E-state index contributed by atoms with van der Waals surface area (Å²) in [5, 5.41) is 0. The van der Waals surface area contributed by atoms with Crippen molar-refractivity contribution in [3.63, 3.8) is 0 Å². The summed E-state index contributed by atoms with van der Waals surface area (Å²) in [4.78, 5) is 0. The molecule has 1 aliphatic heterocycles. The quantitative estimate of drug-likeness (QED) is 0.592. The van der Waals surface area contributed by atoms with Gasteiger partial charge in [0, 0.05) is 16.1 Å². The van der Waals surface area contributed by atoms with Gasteiger partial charge in [0.15, 0.2) is 0 Å². The van der Waals surface area contributed by atoms with Gasteiger partial charge in [-0.25, -0.2) is 0 Å². The van der Waals surface area contributed by atoms with Crippen LogP contribution in [-0.4, -0.2) is 16.1 Å². The minimum atomic E-state index is -0.559. The highest BCUT2D eigenvalue weighted by Crippen LogP contribution is 2.64. The van der Waals surface area contributed by atoms with Crippen molar-refractivity contribution in [2.75, 3.05) is 0 Å². The normalized spacial score (nSPS) is 53.5. The summed E-state index contributed by atoms with van der Waals surface area (Å²) >= 11 is 0. The molecule has 3 aliphatic rings. The van der Waals surface area contributed by atoms with Crippen molar-refractivity contribution in [2.45, 2.75) is 61.2 Å². The lowest BCUT2D eigenvalue weighted by atomic mass is 11.0. The van der Waals surface area contributed by atoms with Crippen molar-refractivity contribution in [3.8, 4) is 0 Å². The standard InChI is InChI=1S/C10H20Si2/c1-11(9-3-4-9)7-12(2,8-11)10-5-6-10/h9-10H,3-8H2,1-2H3. The summed E-state index contributed by atoms with van der Waals surface area (Å²) in [5.41, 5.74) is 6.26. The Morgan fingerprint density at radius 1 is 0.750 bits per heavy atom. The molecule has 3 fully saturated rings. The van der Waals surface area contributed by atoms with E-state index < -0.39 is 16.1 Å². The molecule has 2 heteroatoms. The Kier molecular flexibility index (Phi) is 1.36. The van der Waals surface area contributed by atoms with Gasteiger partial charge in [-0.2, -0.15) is 0 Å². The van der Waals surface area contributed by atoms with Crippen LogP contribution in [0.1, 0.15) is 25.7 Å². The van der Waals surface area contributed by atoms with E-state index in [9.17, 15) is 0 Å². The van der Waals surface area contributed by atoms with Gasteiger partial charge in [0.1, 0.15) is 0 Å². The molecule has 0 atom stereocenters. The van der Waals surface area contributed by atoms with Crippen molar-refractivity contribution >= 4 is 16.1 Å². The third-order valence-electron chi connectivity index (χ3n) is 4.74. The lowest BCUT2D eigenvalue weighted by Gasteiger charge is -2.52. The lowest BCUT2D eigenvalue weighted by Crippen LogP contribution is -2.60. The SMILES string of the molecule is C[Si]1(C2CC2)C[Si](C)(C2CC2)C1. The van der Waals surface area contributed by atoms with Gasteiger partial charge in [-0.1, -0.05) is 50.1 Å². The Bertz CT molecular complexity index is 188. The first-order valence-corrected chi connectivity index (χ1v) is 11.6. The second-order valence-electron chi connectivity index (χ2n) is 6.21. The lowest BCUT2D eigenvalue weighted by molar-refractivity contribution is 1.14. The van der Waals surface area contributed by atoms with E-state index in [4.69, 9.17) is 0 Å². The molecular weight excluding hydrogens is 176 g/mol. The summed E-state index contributed by atoms with van der Waals surface area (Å²) < 4.78 is 0. The van der Waals surface area contributed by atoms with Crippen LogP contribution >= 0.6 is 0 Å². The fourth-order valence-electron chi connectivity index (χ4n) is 3.93. The minimum absolute atomic E-state index is 0.559. The molecule has 0 bridgehead atoms. The maximum Gasteiger partial charge on any atom is 0.0483 e. The Hall–Kier alpha value is 0.434. The molecule has 0 N–H and O–H groups in total. The van der Waals surface area contributed by atoms with E-state index >= 15 is 0 Å². The maximum absolute atomic E-state index is 2.71. The highest BCUT2D eigenvalue weighted by molar-refractivity contribution is 7.14. The van der Waals surface area contributed by atoms with Crippen LogP contribution in [0.4, 0.5) is 0 Å². The zero-order valence-corrected chi connectivity index (χ0v) is 10.4. The van der Waals surface area contributed by atoms with Gasteiger partial charge >= 0.3 is 0 Å². The van der Waals surface area contributed by atoms with Crippen molar-refractivity contribution in [2.24, 2.45) is 0 Å². The summed E-state index contributed by atoms with van der Waals surface area (Å²) in [6.45, 7) is 5.42. The minimum Gasteiger partial charge on any atom is -0.0694 e. The highest BCUT2D eigenvalue weighted by Gasteiger charge is 2.62. The van der Waals surface area contributed by atoms with E-state index in [1.807, 2.05) is 11.3 Å². The van der Waals surface area contributed by atoms with E-state index in [1.54, 1.807) is 25.7 Å². The van der Waals surface area contributed by atoms with Crippen LogP contribution < -0.4 is 0 Å². The predicted molar refractivity (Wildman–Crippen MR) is 58.8 cm³/mol. The van der Waals surface area contributed by atoms with Crippen LogP contribution in [0.25, 0.3) is 0 Å². The molecule has 2 aliphatic carbocycles.